The highest BCUT2D eigenvalue weighted by Crippen LogP contribution is 2.18. The van der Waals surface area contributed by atoms with Gasteiger partial charge in [0.15, 0.2) is 0 Å². The van der Waals surface area contributed by atoms with Crippen LogP contribution in [0.1, 0.15) is 25.3 Å². The van der Waals surface area contributed by atoms with Gasteiger partial charge in [-0.1, -0.05) is 29.3 Å². The molecule has 12 heavy (non-hydrogen) atoms. The molecule has 0 saturated carbocycles. The maximum absolute atomic E-state index is 3.57. The van der Waals surface area contributed by atoms with Gasteiger partial charge in [-0.25, -0.2) is 0 Å². The zero-order valence-corrected chi connectivity index (χ0v) is 9.83. The highest BCUT2D eigenvalue weighted by molar-refractivity contribution is 9.09. The number of hydrogen-bond donors (Lipinski definition) is 0. The summed E-state index contributed by atoms with van der Waals surface area (Å²) in [5.41, 5.74) is 1.50. The third-order valence-electron chi connectivity index (χ3n) is 2.02. The summed E-state index contributed by atoms with van der Waals surface area (Å²) in [7, 11) is 0. The van der Waals surface area contributed by atoms with Crippen molar-refractivity contribution in [3.8, 4) is 0 Å². The fourth-order valence-electron chi connectivity index (χ4n) is 1.38. The van der Waals surface area contributed by atoms with E-state index >= 15 is 0 Å². The minimum Gasteiger partial charge on any atom is -0.152 e. The van der Waals surface area contributed by atoms with Crippen LogP contribution in [-0.2, 0) is 6.42 Å². The summed E-state index contributed by atoms with van der Waals surface area (Å²) in [6, 6.07) is 2.23. The smallest absolute Gasteiger partial charge is 0.00628 e. The fraction of sp³-hybridized carbons (Fsp3) is 0.600. The second-order valence-corrected chi connectivity index (χ2v) is 4.57. The molecule has 0 radical (unpaired) electrons. The number of hydrogen-bond acceptors (Lipinski definition) is 1. The lowest BCUT2D eigenvalue weighted by Crippen LogP contribution is -2.04. The topological polar surface area (TPSA) is 0 Å². The van der Waals surface area contributed by atoms with Crippen molar-refractivity contribution in [1.82, 2.24) is 0 Å². The molecular formula is C10H15BrS. The maximum Gasteiger partial charge on any atom is 0.00628 e. The van der Waals surface area contributed by atoms with Gasteiger partial charge in [-0.2, -0.15) is 11.3 Å². The van der Waals surface area contributed by atoms with Crippen molar-refractivity contribution >= 4 is 27.3 Å². The Kier molecular flexibility index (Phi) is 4.93. The predicted molar refractivity (Wildman–Crippen MR) is 60.2 cm³/mol. The lowest BCUT2D eigenvalue weighted by atomic mass is 9.99. The summed E-state index contributed by atoms with van der Waals surface area (Å²) in [6.07, 6.45) is 3.87. The van der Waals surface area contributed by atoms with Crippen LogP contribution < -0.4 is 0 Å². The van der Waals surface area contributed by atoms with E-state index in [0.29, 0.717) is 0 Å². The molecule has 1 rings (SSSR count). The molecule has 2 heteroatoms. The van der Waals surface area contributed by atoms with E-state index in [4.69, 9.17) is 0 Å². The van der Waals surface area contributed by atoms with Gasteiger partial charge in [-0.15, -0.1) is 0 Å². The van der Waals surface area contributed by atoms with Crippen LogP contribution in [0.4, 0.5) is 0 Å². The highest BCUT2D eigenvalue weighted by atomic mass is 79.9. The third kappa shape index (κ3) is 3.28. The molecular weight excluding hydrogens is 232 g/mol. The minimum atomic E-state index is 0.824. The first-order valence-electron chi connectivity index (χ1n) is 4.43. The Morgan fingerprint density at radius 2 is 2.42 bits per heavy atom. The Bertz CT molecular complexity index is 194. The van der Waals surface area contributed by atoms with Gasteiger partial charge in [0, 0.05) is 5.33 Å². The second-order valence-electron chi connectivity index (χ2n) is 3.14. The van der Waals surface area contributed by atoms with Crippen molar-refractivity contribution in [3.63, 3.8) is 0 Å². The average Bonchev–Trinajstić information content (AvgIpc) is 2.56. The summed E-state index contributed by atoms with van der Waals surface area (Å²) in [4.78, 5) is 0. The van der Waals surface area contributed by atoms with Crippen LogP contribution in [0.2, 0.25) is 0 Å². The summed E-state index contributed by atoms with van der Waals surface area (Å²) in [5.74, 6) is 0.824. The second kappa shape index (κ2) is 5.76. The summed E-state index contributed by atoms with van der Waals surface area (Å²) < 4.78 is 0. The van der Waals surface area contributed by atoms with Crippen molar-refractivity contribution in [2.24, 2.45) is 5.92 Å². The lowest BCUT2D eigenvalue weighted by Gasteiger charge is -2.10. The first-order chi connectivity index (χ1) is 5.86. The fourth-order valence-corrected chi connectivity index (χ4v) is 2.62. The Labute approximate surface area is 87.1 Å². The van der Waals surface area contributed by atoms with Crippen LogP contribution in [0, 0.1) is 5.92 Å². The van der Waals surface area contributed by atoms with Gasteiger partial charge >= 0.3 is 0 Å². The van der Waals surface area contributed by atoms with Crippen LogP contribution in [0.15, 0.2) is 16.8 Å². The molecule has 1 unspecified atom stereocenters. The molecule has 0 amide bonds. The number of rotatable bonds is 5. The SMILES string of the molecule is CCCC(CBr)Cc1ccsc1. The molecule has 0 nitrogen and oxygen atoms in total. The Morgan fingerprint density at radius 1 is 1.58 bits per heavy atom. The molecule has 1 aromatic rings. The van der Waals surface area contributed by atoms with E-state index < -0.39 is 0 Å². The largest absolute Gasteiger partial charge is 0.152 e. The maximum atomic E-state index is 3.57. The molecule has 0 aliphatic heterocycles. The molecule has 1 atom stereocenters. The van der Waals surface area contributed by atoms with Gasteiger partial charge in [-0.3, -0.25) is 0 Å². The van der Waals surface area contributed by atoms with Gasteiger partial charge in [0.25, 0.3) is 0 Å². The Balaban J connectivity index is 2.37. The van der Waals surface area contributed by atoms with Gasteiger partial charge in [-0.05, 0) is 41.1 Å². The van der Waals surface area contributed by atoms with Gasteiger partial charge < -0.3 is 0 Å². The van der Waals surface area contributed by atoms with E-state index in [-0.39, 0.29) is 0 Å². The van der Waals surface area contributed by atoms with Crippen LogP contribution >= 0.6 is 27.3 Å². The van der Waals surface area contributed by atoms with E-state index in [2.05, 4.69) is 39.7 Å². The molecule has 0 bridgehead atoms. The first-order valence-corrected chi connectivity index (χ1v) is 6.50. The molecule has 0 N–H and O–H groups in total. The van der Waals surface area contributed by atoms with E-state index in [9.17, 15) is 0 Å². The normalized spacial score (nSPS) is 13.2. The Morgan fingerprint density at radius 3 is 2.92 bits per heavy atom. The first kappa shape index (κ1) is 10.3. The molecule has 0 spiro atoms. The number of thiophene rings is 1. The van der Waals surface area contributed by atoms with Crippen molar-refractivity contribution in [2.45, 2.75) is 26.2 Å². The van der Waals surface area contributed by atoms with E-state index in [1.165, 1.54) is 24.8 Å². The number of halogens is 1. The van der Waals surface area contributed by atoms with Gasteiger partial charge in [0.1, 0.15) is 0 Å². The lowest BCUT2D eigenvalue weighted by molar-refractivity contribution is 0.535. The van der Waals surface area contributed by atoms with Crippen LogP contribution in [0.5, 0.6) is 0 Å². The van der Waals surface area contributed by atoms with Crippen LogP contribution in [0.25, 0.3) is 0 Å². The van der Waals surface area contributed by atoms with Gasteiger partial charge in [0.2, 0.25) is 0 Å². The molecule has 1 heterocycles. The highest BCUT2D eigenvalue weighted by Gasteiger charge is 2.06. The molecule has 1 aromatic heterocycles. The standard InChI is InChI=1S/C10H15BrS/c1-2-3-9(7-11)6-10-4-5-12-8-10/h4-5,8-9H,2-3,6-7H2,1H3. The van der Waals surface area contributed by atoms with Crippen molar-refractivity contribution < 1.29 is 0 Å². The van der Waals surface area contributed by atoms with E-state index in [0.717, 1.165) is 11.2 Å². The zero-order valence-electron chi connectivity index (χ0n) is 7.42. The van der Waals surface area contributed by atoms with Crippen LogP contribution in [-0.4, -0.2) is 5.33 Å². The quantitative estimate of drug-likeness (QED) is 0.687. The Hall–Kier alpha value is 0.180. The average molecular weight is 247 g/mol. The summed E-state index contributed by atoms with van der Waals surface area (Å²) in [5, 5.41) is 5.55. The summed E-state index contributed by atoms with van der Waals surface area (Å²) >= 11 is 5.36. The van der Waals surface area contributed by atoms with E-state index in [1.54, 1.807) is 11.3 Å². The molecule has 0 aromatic carbocycles. The van der Waals surface area contributed by atoms with Crippen molar-refractivity contribution in [3.05, 3.63) is 22.4 Å². The number of alkyl halides is 1. The minimum absolute atomic E-state index is 0.824. The molecule has 68 valence electrons. The van der Waals surface area contributed by atoms with Crippen LogP contribution in [0.3, 0.4) is 0 Å². The molecule has 0 fully saturated rings. The van der Waals surface area contributed by atoms with Gasteiger partial charge in [0.05, 0.1) is 0 Å². The van der Waals surface area contributed by atoms with E-state index in [1.807, 2.05) is 0 Å². The van der Waals surface area contributed by atoms with Crippen molar-refractivity contribution in [1.29, 1.82) is 0 Å². The predicted octanol–water partition coefficient (Wildman–Crippen LogP) is 4.10. The molecule has 0 aliphatic rings. The zero-order chi connectivity index (χ0) is 8.81. The third-order valence-corrected chi connectivity index (χ3v) is 3.67. The molecule has 0 saturated heterocycles. The molecule has 0 aliphatic carbocycles. The van der Waals surface area contributed by atoms with Crippen molar-refractivity contribution in [2.75, 3.05) is 5.33 Å². The monoisotopic (exact) mass is 246 g/mol. The summed E-state index contributed by atoms with van der Waals surface area (Å²) in [6.45, 7) is 2.25.